The van der Waals surface area contributed by atoms with E-state index in [9.17, 15) is 0 Å². The molecule has 2 aromatic carbocycles. The van der Waals surface area contributed by atoms with Gasteiger partial charge >= 0.3 is 0 Å². The maximum Gasteiger partial charge on any atom is 0.123 e. The number of benzene rings is 2. The van der Waals surface area contributed by atoms with E-state index in [1.165, 1.54) is 78.1 Å². The van der Waals surface area contributed by atoms with E-state index in [0.29, 0.717) is 34.8 Å². The number of hydrogen-bond donors (Lipinski definition) is 0. The quantitative estimate of drug-likeness (QED) is 0.196. The molecule has 14 aliphatic carbocycles. The zero-order valence-electron chi connectivity index (χ0n) is 55.8. The highest BCUT2D eigenvalue weighted by Gasteiger charge is 2.56. The Labute approximate surface area is 567 Å². The molecule has 5 heteroatoms. The van der Waals surface area contributed by atoms with E-state index < -0.39 is 0 Å². The van der Waals surface area contributed by atoms with Gasteiger partial charge < -0.3 is 9.80 Å². The molecule has 15 aliphatic rings. The molecule has 95 heavy (non-hydrogen) atoms. The van der Waals surface area contributed by atoms with Crippen LogP contribution < -0.4 is 9.80 Å². The number of nitrogens with zero attached hydrogens (tertiary/aromatic N) is 2. The van der Waals surface area contributed by atoms with Crippen LogP contribution in [-0.4, -0.2) is 17.3 Å². The summed E-state index contributed by atoms with van der Waals surface area (Å²) in [6.07, 6.45) is 76.2. The molecule has 11 atom stereocenters. The van der Waals surface area contributed by atoms with Crippen LogP contribution in [0.1, 0.15) is 124 Å². The van der Waals surface area contributed by atoms with Crippen LogP contribution in [0.4, 0.5) is 20.2 Å². The first-order valence-electron chi connectivity index (χ1n) is 35.8. The monoisotopic (exact) mass is 1270 g/mol. The molecule has 1 aliphatic heterocycles. The smallest absolute Gasteiger partial charge is 0.123 e. The van der Waals surface area contributed by atoms with E-state index >= 15 is 8.78 Å². The van der Waals surface area contributed by atoms with Crippen LogP contribution in [0.2, 0.25) is 0 Å². The molecule has 478 valence electrons. The molecule has 0 saturated carbocycles. The second kappa shape index (κ2) is 24.0. The minimum Gasteiger partial charge on any atom is -0.338 e. The molecule has 0 radical (unpaired) electrons. The lowest BCUT2D eigenvalue weighted by Crippen LogP contribution is -2.42. The Morgan fingerprint density at radius 1 is 0.611 bits per heavy atom. The van der Waals surface area contributed by atoms with E-state index in [1.807, 2.05) is 24.3 Å². The average molecular weight is 1270 g/mol. The third kappa shape index (κ3) is 9.87. The Morgan fingerprint density at radius 2 is 1.33 bits per heavy atom. The SMILES string of the molecule is C=CC1=CC=C(C2(C3CC(C)=CC=C3C)C3=C(C=CCC3)C3=C2CC(N(C2=CC4CC5C6=C(CC7C=CC(N(c8ccc(F)cc8)C8C=CC9=C(C8)C(C8=CCC(C=C)C=C8)(C8=CC(C)=CCC8C)C8=C9C=CCC8)=CC7=C6)SC5C=C4CC2)c2ccc(F)cc2)C=C3)CC1. The number of anilines is 2. The zero-order valence-corrected chi connectivity index (χ0v) is 56.6. The largest absolute Gasteiger partial charge is 0.338 e. The van der Waals surface area contributed by atoms with Crippen molar-refractivity contribution in [2.24, 2.45) is 46.3 Å². The van der Waals surface area contributed by atoms with Crippen LogP contribution in [0.5, 0.6) is 0 Å². The first-order valence-corrected chi connectivity index (χ1v) is 36.7. The second-order valence-corrected chi connectivity index (χ2v) is 31.1. The predicted octanol–water partition coefficient (Wildman–Crippen LogP) is 23.2. The normalized spacial score (nSPS) is 32.4. The number of halogens is 2. The van der Waals surface area contributed by atoms with Crippen LogP contribution in [0, 0.1) is 58.0 Å². The van der Waals surface area contributed by atoms with Crippen molar-refractivity contribution in [3.8, 4) is 0 Å². The van der Waals surface area contributed by atoms with Crippen molar-refractivity contribution in [3.05, 3.63) is 342 Å². The molecular weight excluding hydrogens is 1180 g/mol. The topological polar surface area (TPSA) is 6.48 Å². The van der Waals surface area contributed by atoms with E-state index in [0.717, 1.165) is 113 Å². The zero-order chi connectivity index (χ0) is 64.4. The standard InChI is InChI=1S/C90H88F2N2S/c1-7-59-21-27-65(28-22-59)89(83-45-55(3)17-19-57(83)5)81-15-11-9-13-75(81)77-43-41-73(53-85(77)89)93(69-37-31-67(91)32-38-69)71-35-25-61-51-87-79(49-63(61)47-71)80-50-64-48-72(36-26-62(64)52-88(80)95-87)94(70-39-33-68(92)34-40-70)74-42-44-78-76-14-10-12-16-82(76)90(86(78)54-74,66-29-23-60(8-2)24-30-66)84-46-56(4)18-20-58(84)6/h7-10,13-14,17-19,21,23,26-27,29-34,36-44,46-48,50-51,58,60,62-63,73-74,79,83,87H,1-2,11-12,15-16,20,22,24-25,28,35,45,49,52-54H2,3-6H3. The molecule has 1 heterocycles. The van der Waals surface area contributed by atoms with Gasteiger partial charge in [-0.1, -0.05) is 181 Å². The molecule has 0 N–H and O–H groups in total. The fourth-order valence-corrected chi connectivity index (χ4v) is 21.9. The Balaban J connectivity index is 0.698. The van der Waals surface area contributed by atoms with Crippen molar-refractivity contribution in [2.45, 2.75) is 141 Å². The summed E-state index contributed by atoms with van der Waals surface area (Å²) in [5.41, 5.74) is 30.5. The molecule has 0 aromatic heterocycles. The molecule has 0 bridgehead atoms. The lowest BCUT2D eigenvalue weighted by atomic mass is 9.55. The van der Waals surface area contributed by atoms with E-state index in [2.05, 4.69) is 214 Å². The first-order chi connectivity index (χ1) is 46.4. The van der Waals surface area contributed by atoms with Gasteiger partial charge in [-0.25, -0.2) is 8.78 Å². The average Bonchev–Trinajstić information content (AvgIpc) is 1.56. The van der Waals surface area contributed by atoms with Crippen LogP contribution in [0.25, 0.3) is 0 Å². The van der Waals surface area contributed by atoms with Crippen LogP contribution in [0.15, 0.2) is 330 Å². The maximum atomic E-state index is 15.2. The summed E-state index contributed by atoms with van der Waals surface area (Å²) in [4.78, 5) is 6.72. The molecule has 0 amide bonds. The summed E-state index contributed by atoms with van der Waals surface area (Å²) in [5.74, 6) is 1.60. The molecular formula is C90H88F2N2S. The van der Waals surface area contributed by atoms with Gasteiger partial charge in [-0.15, -0.1) is 18.3 Å². The number of hydrogen-bond acceptors (Lipinski definition) is 3. The minimum absolute atomic E-state index is 0.0176. The van der Waals surface area contributed by atoms with Gasteiger partial charge in [-0.05, 0) is 267 Å². The Kier molecular flexibility index (Phi) is 15.3. The molecule has 11 unspecified atom stereocenters. The fraction of sp³-hybridized carbons (Fsp3) is 0.333. The van der Waals surface area contributed by atoms with Gasteiger partial charge in [0.2, 0.25) is 0 Å². The van der Waals surface area contributed by atoms with Crippen molar-refractivity contribution >= 4 is 23.1 Å². The van der Waals surface area contributed by atoms with E-state index in [1.54, 1.807) is 57.0 Å². The van der Waals surface area contributed by atoms with Crippen molar-refractivity contribution in [3.63, 3.8) is 0 Å². The van der Waals surface area contributed by atoms with Gasteiger partial charge in [0.05, 0.1) is 17.5 Å². The summed E-state index contributed by atoms with van der Waals surface area (Å²) in [6.45, 7) is 17.9. The minimum atomic E-state index is -0.351. The third-order valence-electron chi connectivity index (χ3n) is 24.7. The van der Waals surface area contributed by atoms with Crippen LogP contribution in [0.3, 0.4) is 0 Å². The molecule has 0 spiro atoms. The third-order valence-corrected chi connectivity index (χ3v) is 26.1. The molecule has 17 rings (SSSR count). The van der Waals surface area contributed by atoms with Crippen LogP contribution >= 0.6 is 11.8 Å². The van der Waals surface area contributed by atoms with E-state index in [4.69, 9.17) is 0 Å². The highest BCUT2D eigenvalue weighted by atomic mass is 32.2. The van der Waals surface area contributed by atoms with Crippen molar-refractivity contribution in [1.82, 2.24) is 0 Å². The first kappa shape index (κ1) is 60.7. The summed E-state index contributed by atoms with van der Waals surface area (Å²) in [7, 11) is 0. The van der Waals surface area contributed by atoms with Crippen molar-refractivity contribution in [2.75, 3.05) is 9.80 Å². The fourth-order valence-electron chi connectivity index (χ4n) is 20.2. The Morgan fingerprint density at radius 3 is 2.05 bits per heavy atom. The van der Waals surface area contributed by atoms with Crippen molar-refractivity contribution in [1.29, 1.82) is 0 Å². The van der Waals surface area contributed by atoms with Gasteiger partial charge in [-0.2, -0.15) is 0 Å². The maximum absolute atomic E-state index is 15.2. The Hall–Kier alpha value is -7.99. The van der Waals surface area contributed by atoms with Gasteiger partial charge in [0, 0.05) is 57.1 Å². The molecule has 0 fully saturated rings. The van der Waals surface area contributed by atoms with Gasteiger partial charge in [0.1, 0.15) is 11.6 Å². The Bertz CT molecular complexity index is 4450. The van der Waals surface area contributed by atoms with Crippen molar-refractivity contribution < 1.29 is 8.78 Å². The summed E-state index contributed by atoms with van der Waals surface area (Å²) in [5, 5.41) is 0.417. The van der Waals surface area contributed by atoms with Crippen LogP contribution in [-0.2, 0) is 0 Å². The summed E-state index contributed by atoms with van der Waals surface area (Å²) in [6, 6.07) is 14.7. The predicted molar refractivity (Wildman–Crippen MR) is 394 cm³/mol. The van der Waals surface area contributed by atoms with E-state index in [-0.39, 0.29) is 40.5 Å². The molecule has 2 nitrogen and oxygen atoms in total. The van der Waals surface area contributed by atoms with Gasteiger partial charge in [0.25, 0.3) is 0 Å². The van der Waals surface area contributed by atoms with Gasteiger partial charge in [-0.3, -0.25) is 0 Å². The summed E-state index contributed by atoms with van der Waals surface area (Å²) >= 11 is 2.13. The molecule has 0 saturated heterocycles. The molecule has 2 aromatic rings. The lowest BCUT2D eigenvalue weighted by Gasteiger charge is -2.49. The number of rotatable bonds is 12. The second-order valence-electron chi connectivity index (χ2n) is 29.8. The lowest BCUT2D eigenvalue weighted by molar-refractivity contribution is 0.322. The number of allylic oxidation sites excluding steroid dienone is 40. The highest BCUT2D eigenvalue weighted by Crippen LogP contribution is 2.68. The highest BCUT2D eigenvalue weighted by molar-refractivity contribution is 8.04. The number of fused-ring (bicyclic) bond motifs is 6. The van der Waals surface area contributed by atoms with Gasteiger partial charge in [0.15, 0.2) is 0 Å². The summed E-state index contributed by atoms with van der Waals surface area (Å²) < 4.78 is 30.3. The number of thioether (sulfide) groups is 1.